The number of carboxylic acids is 2. The molecule has 1 aliphatic carbocycles. The SMILES string of the molecule is O=C(CCNCCc1cccc(Cl)c1)N(CCNCCc1ccc(O)c2[nH]c(=O)sc12)C1CCCCCC1.O=C(O)C(F)(F)F.O=C(O)C(F)(F)F. The van der Waals surface area contributed by atoms with E-state index in [9.17, 15) is 41.0 Å². The lowest BCUT2D eigenvalue weighted by Gasteiger charge is -2.32. The van der Waals surface area contributed by atoms with E-state index in [1.165, 1.54) is 31.2 Å². The Morgan fingerprint density at radius 3 is 2.02 bits per heavy atom. The van der Waals surface area contributed by atoms with Crippen molar-refractivity contribution in [3.8, 4) is 5.75 Å². The molecule has 1 saturated carbocycles. The van der Waals surface area contributed by atoms with Crippen LogP contribution in [0.3, 0.4) is 0 Å². The summed E-state index contributed by atoms with van der Waals surface area (Å²) in [5, 5.41) is 31.9. The number of alkyl halides is 6. The molecule has 11 nitrogen and oxygen atoms in total. The van der Waals surface area contributed by atoms with Gasteiger partial charge in [0, 0.05) is 37.1 Å². The van der Waals surface area contributed by atoms with Crippen LogP contribution in [0.5, 0.6) is 5.75 Å². The summed E-state index contributed by atoms with van der Waals surface area (Å²) < 4.78 is 64.3. The molecule has 4 rings (SSSR count). The normalized spacial score (nSPS) is 13.7. The summed E-state index contributed by atoms with van der Waals surface area (Å²) in [5.74, 6) is -5.18. The number of aromatic nitrogens is 1. The summed E-state index contributed by atoms with van der Waals surface area (Å²) in [6, 6.07) is 11.7. The summed E-state index contributed by atoms with van der Waals surface area (Å²) in [4.78, 5) is 47.5. The molecule has 0 atom stereocenters. The molecule has 0 saturated heterocycles. The van der Waals surface area contributed by atoms with E-state index in [0.29, 0.717) is 31.1 Å². The molecule has 0 aliphatic heterocycles. The van der Waals surface area contributed by atoms with Crippen LogP contribution in [0.1, 0.15) is 56.1 Å². The van der Waals surface area contributed by atoms with Crippen molar-refractivity contribution in [3.05, 3.63) is 62.2 Å². The molecule has 1 aliphatic rings. The highest BCUT2D eigenvalue weighted by molar-refractivity contribution is 7.16. The number of H-pyrrole nitrogens is 1. The number of phenolic OH excluding ortho intramolecular Hbond substituents is 1. The number of hydrogen-bond acceptors (Lipinski definition) is 8. The van der Waals surface area contributed by atoms with E-state index in [0.717, 1.165) is 71.9 Å². The van der Waals surface area contributed by atoms with Gasteiger partial charge in [0.05, 0.1) is 4.70 Å². The lowest BCUT2D eigenvalue weighted by atomic mass is 10.1. The van der Waals surface area contributed by atoms with Gasteiger partial charge < -0.3 is 35.8 Å². The number of aromatic hydroxyl groups is 1. The number of benzene rings is 2. The third-order valence-electron chi connectivity index (χ3n) is 7.81. The average Bonchev–Trinajstić information content (AvgIpc) is 3.27. The van der Waals surface area contributed by atoms with Gasteiger partial charge in [-0.2, -0.15) is 26.3 Å². The largest absolute Gasteiger partial charge is 0.506 e. The Bertz CT molecular complexity index is 1620. The number of carbonyl (C=O) groups is 3. The fourth-order valence-electron chi connectivity index (χ4n) is 5.29. The summed E-state index contributed by atoms with van der Waals surface area (Å²) in [6.07, 6.45) is -0.952. The molecular weight excluding hydrogens is 746 g/mol. The number of rotatable bonds is 13. The number of fused-ring (bicyclic) bond motifs is 1. The van der Waals surface area contributed by atoms with Crippen LogP contribution in [-0.2, 0) is 27.2 Å². The first-order valence-electron chi connectivity index (χ1n) is 16.3. The minimum absolute atomic E-state index is 0.103. The van der Waals surface area contributed by atoms with Gasteiger partial charge in [0.2, 0.25) is 5.91 Å². The van der Waals surface area contributed by atoms with Crippen LogP contribution in [0.15, 0.2) is 41.2 Å². The zero-order chi connectivity index (χ0) is 38.9. The maximum absolute atomic E-state index is 13.3. The standard InChI is InChI=1S/C29H39ClN4O3S.2C2HF3O2/c30-23-7-5-6-21(20-23)12-15-31-17-14-26(36)34(24-8-3-1-2-4-9-24)19-18-32-16-13-22-10-11-25(35)27-28(22)38-29(37)33-27;2*3-2(4,5)1(6)7/h5-7,10-11,20,24,31-32,35H,1-4,8-9,12-19H2,(H,33,37);2*(H,6,7). The number of nitrogens with one attached hydrogen (secondary N) is 3. The van der Waals surface area contributed by atoms with Crippen LogP contribution in [0.4, 0.5) is 26.3 Å². The van der Waals surface area contributed by atoms with E-state index >= 15 is 0 Å². The van der Waals surface area contributed by atoms with Gasteiger partial charge in [0.25, 0.3) is 0 Å². The highest BCUT2D eigenvalue weighted by Gasteiger charge is 2.39. The monoisotopic (exact) mass is 786 g/mol. The number of aliphatic carboxylic acids is 2. The highest BCUT2D eigenvalue weighted by Crippen LogP contribution is 2.28. The predicted molar refractivity (Wildman–Crippen MR) is 184 cm³/mol. The molecule has 0 bridgehead atoms. The first-order chi connectivity index (χ1) is 24.4. The molecule has 3 aromatic rings. The second kappa shape index (κ2) is 21.6. The van der Waals surface area contributed by atoms with Crippen LogP contribution in [0.2, 0.25) is 5.02 Å². The van der Waals surface area contributed by atoms with Gasteiger partial charge in [-0.15, -0.1) is 0 Å². The fourth-order valence-corrected chi connectivity index (χ4v) is 6.40. The van der Waals surface area contributed by atoms with E-state index < -0.39 is 24.3 Å². The Balaban J connectivity index is 0.000000564. The van der Waals surface area contributed by atoms with Crippen molar-refractivity contribution in [1.82, 2.24) is 20.5 Å². The van der Waals surface area contributed by atoms with Crippen LogP contribution in [-0.4, -0.2) is 94.2 Å². The number of nitrogens with zero attached hydrogens (tertiary/aromatic N) is 1. The topological polar surface area (TPSA) is 172 Å². The Labute approximate surface area is 304 Å². The first-order valence-corrected chi connectivity index (χ1v) is 17.5. The summed E-state index contributed by atoms with van der Waals surface area (Å²) in [6.45, 7) is 3.67. The van der Waals surface area contributed by atoms with Crippen LogP contribution >= 0.6 is 22.9 Å². The Morgan fingerprint density at radius 2 is 1.44 bits per heavy atom. The lowest BCUT2D eigenvalue weighted by Crippen LogP contribution is -2.45. The number of halogens is 7. The molecule has 0 radical (unpaired) electrons. The van der Waals surface area contributed by atoms with Gasteiger partial charge in [-0.25, -0.2) is 9.59 Å². The third-order valence-corrected chi connectivity index (χ3v) is 9.00. The zero-order valence-corrected chi connectivity index (χ0v) is 29.5. The van der Waals surface area contributed by atoms with Gasteiger partial charge in [0.1, 0.15) is 11.3 Å². The number of hydrogen-bond donors (Lipinski definition) is 6. The van der Waals surface area contributed by atoms with Crippen molar-refractivity contribution in [2.24, 2.45) is 0 Å². The Kier molecular flexibility index (Phi) is 18.4. The second-order valence-electron chi connectivity index (χ2n) is 11.7. The molecule has 290 valence electrons. The molecule has 0 unspecified atom stereocenters. The van der Waals surface area contributed by atoms with Crippen molar-refractivity contribution < 1.29 is 56.0 Å². The van der Waals surface area contributed by atoms with Crippen molar-refractivity contribution in [1.29, 1.82) is 0 Å². The van der Waals surface area contributed by atoms with Crippen LogP contribution < -0.4 is 15.5 Å². The van der Waals surface area contributed by atoms with E-state index in [-0.39, 0.29) is 16.5 Å². The molecule has 52 heavy (non-hydrogen) atoms. The lowest BCUT2D eigenvalue weighted by molar-refractivity contribution is -0.193. The number of carbonyl (C=O) groups excluding carboxylic acids is 1. The van der Waals surface area contributed by atoms with E-state index in [2.05, 4.69) is 26.6 Å². The molecule has 2 aromatic carbocycles. The van der Waals surface area contributed by atoms with Gasteiger partial charge in [-0.05, 0) is 68.1 Å². The average molecular weight is 787 g/mol. The van der Waals surface area contributed by atoms with E-state index in [4.69, 9.17) is 31.4 Å². The van der Waals surface area contributed by atoms with Crippen molar-refractivity contribution >= 4 is 51.0 Å². The Hall–Kier alpha value is -3.87. The molecule has 1 aromatic heterocycles. The molecule has 1 heterocycles. The van der Waals surface area contributed by atoms with Crippen LogP contribution in [0, 0.1) is 0 Å². The number of thiazole rings is 1. The minimum atomic E-state index is -5.08. The molecule has 0 spiro atoms. The zero-order valence-electron chi connectivity index (χ0n) is 27.9. The van der Waals surface area contributed by atoms with Crippen molar-refractivity contribution in [3.63, 3.8) is 0 Å². The molecule has 1 amide bonds. The Morgan fingerprint density at radius 1 is 0.865 bits per heavy atom. The van der Waals surface area contributed by atoms with Gasteiger partial charge in [-0.3, -0.25) is 9.59 Å². The summed E-state index contributed by atoms with van der Waals surface area (Å²) in [7, 11) is 0. The second-order valence-corrected chi connectivity index (χ2v) is 13.1. The molecule has 6 N–H and O–H groups in total. The summed E-state index contributed by atoms with van der Waals surface area (Å²) in [5.41, 5.74) is 2.75. The highest BCUT2D eigenvalue weighted by atomic mass is 35.5. The van der Waals surface area contributed by atoms with E-state index in [1.807, 2.05) is 24.3 Å². The van der Waals surface area contributed by atoms with Crippen molar-refractivity contribution in [2.75, 3.05) is 32.7 Å². The van der Waals surface area contributed by atoms with Gasteiger partial charge in [-0.1, -0.05) is 66.8 Å². The quantitative estimate of drug-likeness (QED) is 0.0679. The van der Waals surface area contributed by atoms with Gasteiger partial charge in [0.15, 0.2) is 0 Å². The molecule has 19 heteroatoms. The molecular formula is C33H41ClF6N4O7S. The minimum Gasteiger partial charge on any atom is -0.506 e. The number of aromatic amines is 1. The van der Waals surface area contributed by atoms with Crippen LogP contribution in [0.25, 0.3) is 10.2 Å². The maximum Gasteiger partial charge on any atom is 0.490 e. The number of carboxylic acid groups (broad SMARTS) is 2. The number of amides is 1. The molecule has 1 fully saturated rings. The third kappa shape index (κ3) is 16.2. The summed E-state index contributed by atoms with van der Waals surface area (Å²) >= 11 is 7.20. The van der Waals surface area contributed by atoms with E-state index in [1.54, 1.807) is 6.07 Å². The first kappa shape index (κ1) is 44.3. The maximum atomic E-state index is 13.3. The van der Waals surface area contributed by atoms with Crippen molar-refractivity contribution in [2.45, 2.75) is 76.2 Å². The fraction of sp³-hybridized carbons (Fsp3) is 0.515. The smallest absolute Gasteiger partial charge is 0.490 e. The van der Waals surface area contributed by atoms with Gasteiger partial charge >= 0.3 is 29.2 Å². The predicted octanol–water partition coefficient (Wildman–Crippen LogP) is 6.12. The number of phenols is 1.